The smallest absolute Gasteiger partial charge is 0.254 e. The summed E-state index contributed by atoms with van der Waals surface area (Å²) in [5, 5.41) is 5.99. The van der Waals surface area contributed by atoms with E-state index >= 15 is 0 Å². The van der Waals surface area contributed by atoms with E-state index in [1.54, 1.807) is 0 Å². The van der Waals surface area contributed by atoms with Crippen molar-refractivity contribution in [3.8, 4) is 0 Å². The summed E-state index contributed by atoms with van der Waals surface area (Å²) in [5.41, 5.74) is 4.68. The van der Waals surface area contributed by atoms with Crippen LogP contribution in [0.4, 0.5) is 14.5 Å². The van der Waals surface area contributed by atoms with E-state index < -0.39 is 17.5 Å². The van der Waals surface area contributed by atoms with Crippen LogP contribution in [-0.4, -0.2) is 22.6 Å². The molecule has 0 bridgehead atoms. The first-order valence-corrected chi connectivity index (χ1v) is 5.36. The minimum Gasteiger partial charge on any atom is -0.396 e. The standard InChI is InChI=1S/C11H10F2N4O2/c12-7-4-8(13)9(14)3-6(7)11(18)15-2-1-10-16-5-19-17-10/h3-5H,1-2,14H2,(H,15,18). The van der Waals surface area contributed by atoms with Gasteiger partial charge in [0.15, 0.2) is 5.82 Å². The molecule has 0 radical (unpaired) electrons. The maximum atomic E-state index is 13.4. The average molecular weight is 268 g/mol. The molecule has 0 atom stereocenters. The number of hydrogen-bond donors (Lipinski definition) is 2. The van der Waals surface area contributed by atoms with Gasteiger partial charge in [-0.15, -0.1) is 0 Å². The monoisotopic (exact) mass is 268 g/mol. The molecule has 1 aromatic carbocycles. The SMILES string of the molecule is Nc1cc(C(=O)NCCc2ncon2)c(F)cc1F. The molecule has 3 N–H and O–H groups in total. The van der Waals surface area contributed by atoms with E-state index in [0.717, 1.165) is 12.5 Å². The van der Waals surface area contributed by atoms with Gasteiger partial charge in [-0.05, 0) is 6.07 Å². The maximum absolute atomic E-state index is 13.4. The zero-order valence-electron chi connectivity index (χ0n) is 9.69. The number of nitrogens with two attached hydrogens (primary N) is 1. The molecule has 1 heterocycles. The number of anilines is 1. The Kier molecular flexibility index (Phi) is 3.69. The number of rotatable bonds is 4. The second-order valence-corrected chi connectivity index (χ2v) is 3.71. The molecule has 1 amide bonds. The third kappa shape index (κ3) is 3.03. The quantitative estimate of drug-likeness (QED) is 0.803. The number of halogens is 2. The molecule has 0 unspecified atom stereocenters. The molecule has 0 aliphatic heterocycles. The van der Waals surface area contributed by atoms with Gasteiger partial charge in [-0.1, -0.05) is 5.16 Å². The number of benzene rings is 1. The third-order valence-corrected chi connectivity index (χ3v) is 2.37. The molecule has 100 valence electrons. The summed E-state index contributed by atoms with van der Waals surface area (Å²) in [6.45, 7) is 0.190. The minimum absolute atomic E-state index is 0.190. The molecule has 0 spiro atoms. The van der Waals surface area contributed by atoms with E-state index in [2.05, 4.69) is 20.0 Å². The Morgan fingerprint density at radius 1 is 1.37 bits per heavy atom. The van der Waals surface area contributed by atoms with E-state index in [1.165, 1.54) is 0 Å². The van der Waals surface area contributed by atoms with Gasteiger partial charge in [0.1, 0.15) is 11.6 Å². The lowest BCUT2D eigenvalue weighted by Gasteiger charge is -2.06. The molecule has 6 nitrogen and oxygen atoms in total. The van der Waals surface area contributed by atoms with Gasteiger partial charge in [0, 0.05) is 19.0 Å². The summed E-state index contributed by atoms with van der Waals surface area (Å²) in [7, 11) is 0. The fraction of sp³-hybridized carbons (Fsp3) is 0.182. The van der Waals surface area contributed by atoms with Crippen molar-refractivity contribution in [2.75, 3.05) is 12.3 Å². The summed E-state index contributed by atoms with van der Waals surface area (Å²) >= 11 is 0. The summed E-state index contributed by atoms with van der Waals surface area (Å²) in [6.07, 6.45) is 1.50. The number of hydrogen-bond acceptors (Lipinski definition) is 5. The molecule has 0 aliphatic rings. The van der Waals surface area contributed by atoms with Crippen LogP contribution in [0.1, 0.15) is 16.2 Å². The summed E-state index contributed by atoms with van der Waals surface area (Å²) in [5.74, 6) is -2.14. The molecule has 2 aromatic rings. The van der Waals surface area contributed by atoms with Crippen LogP contribution in [0.3, 0.4) is 0 Å². The van der Waals surface area contributed by atoms with Gasteiger partial charge in [-0.3, -0.25) is 4.79 Å². The fourth-order valence-electron chi connectivity index (χ4n) is 1.43. The Labute approximate surface area is 106 Å². The first kappa shape index (κ1) is 12.9. The predicted octanol–water partition coefficient (Wildman–Crippen LogP) is 0.902. The number of carbonyl (C=O) groups excluding carboxylic acids is 1. The van der Waals surface area contributed by atoms with Crippen LogP contribution in [0.5, 0.6) is 0 Å². The Morgan fingerprint density at radius 2 is 2.16 bits per heavy atom. The van der Waals surface area contributed by atoms with Gasteiger partial charge in [-0.2, -0.15) is 4.98 Å². The number of nitrogen functional groups attached to an aromatic ring is 1. The molecule has 0 aliphatic carbocycles. The van der Waals surface area contributed by atoms with Gasteiger partial charge in [0.2, 0.25) is 6.39 Å². The topological polar surface area (TPSA) is 94.0 Å². The number of nitrogens with one attached hydrogen (secondary N) is 1. The summed E-state index contributed by atoms with van der Waals surface area (Å²) in [6, 6.07) is 1.53. The van der Waals surface area contributed by atoms with Crippen LogP contribution >= 0.6 is 0 Å². The van der Waals surface area contributed by atoms with Gasteiger partial charge >= 0.3 is 0 Å². The molecule has 1 aromatic heterocycles. The highest BCUT2D eigenvalue weighted by molar-refractivity contribution is 5.95. The molecule has 2 rings (SSSR count). The largest absolute Gasteiger partial charge is 0.396 e. The van der Waals surface area contributed by atoms with Crippen molar-refractivity contribution < 1.29 is 18.1 Å². The second-order valence-electron chi connectivity index (χ2n) is 3.71. The Morgan fingerprint density at radius 3 is 2.84 bits per heavy atom. The third-order valence-electron chi connectivity index (χ3n) is 2.37. The van der Waals surface area contributed by atoms with Crippen molar-refractivity contribution in [1.29, 1.82) is 0 Å². The van der Waals surface area contributed by atoms with Crippen LogP contribution in [0, 0.1) is 11.6 Å². The minimum atomic E-state index is -0.969. The average Bonchev–Trinajstić information content (AvgIpc) is 2.86. The van der Waals surface area contributed by atoms with E-state index in [4.69, 9.17) is 5.73 Å². The molecule has 0 saturated heterocycles. The number of aromatic nitrogens is 2. The normalized spacial score (nSPS) is 10.4. The van der Waals surface area contributed by atoms with Crippen LogP contribution in [0.2, 0.25) is 0 Å². The summed E-state index contributed by atoms with van der Waals surface area (Å²) in [4.78, 5) is 15.4. The summed E-state index contributed by atoms with van der Waals surface area (Å²) < 4.78 is 30.8. The highest BCUT2D eigenvalue weighted by Crippen LogP contribution is 2.16. The first-order valence-electron chi connectivity index (χ1n) is 5.36. The molecular formula is C11H10F2N4O2. The van der Waals surface area contributed by atoms with E-state index in [9.17, 15) is 13.6 Å². The highest BCUT2D eigenvalue weighted by atomic mass is 19.1. The van der Waals surface area contributed by atoms with Crippen molar-refractivity contribution in [3.05, 3.63) is 41.5 Å². The molecular weight excluding hydrogens is 258 g/mol. The van der Waals surface area contributed by atoms with E-state index in [1.807, 2.05) is 0 Å². The van der Waals surface area contributed by atoms with Crippen LogP contribution in [0.15, 0.2) is 23.0 Å². The molecule has 8 heteroatoms. The zero-order chi connectivity index (χ0) is 13.8. The van der Waals surface area contributed by atoms with Gasteiger partial charge < -0.3 is 15.6 Å². The van der Waals surface area contributed by atoms with Crippen LogP contribution in [0.25, 0.3) is 0 Å². The maximum Gasteiger partial charge on any atom is 0.254 e. The Hall–Kier alpha value is -2.51. The van der Waals surface area contributed by atoms with E-state index in [-0.39, 0.29) is 17.8 Å². The predicted molar refractivity (Wildman–Crippen MR) is 61.1 cm³/mol. The Balaban J connectivity index is 1.98. The van der Waals surface area contributed by atoms with Gasteiger partial charge in [0.05, 0.1) is 11.3 Å². The number of carbonyl (C=O) groups is 1. The van der Waals surface area contributed by atoms with Gasteiger partial charge in [0.25, 0.3) is 5.91 Å². The molecule has 19 heavy (non-hydrogen) atoms. The first-order chi connectivity index (χ1) is 9.08. The van der Waals surface area contributed by atoms with Crippen molar-refractivity contribution >= 4 is 11.6 Å². The number of amides is 1. The highest BCUT2D eigenvalue weighted by Gasteiger charge is 2.14. The van der Waals surface area contributed by atoms with Crippen molar-refractivity contribution in [2.24, 2.45) is 0 Å². The zero-order valence-corrected chi connectivity index (χ0v) is 9.69. The van der Waals surface area contributed by atoms with Crippen molar-refractivity contribution in [3.63, 3.8) is 0 Å². The lowest BCUT2D eigenvalue weighted by molar-refractivity contribution is 0.0950. The van der Waals surface area contributed by atoms with Crippen molar-refractivity contribution in [1.82, 2.24) is 15.5 Å². The molecule has 0 fully saturated rings. The van der Waals surface area contributed by atoms with E-state index in [0.29, 0.717) is 18.3 Å². The lowest BCUT2D eigenvalue weighted by Crippen LogP contribution is -2.27. The molecule has 0 saturated carbocycles. The van der Waals surface area contributed by atoms with Gasteiger partial charge in [-0.25, -0.2) is 8.78 Å². The van der Waals surface area contributed by atoms with Crippen LogP contribution in [-0.2, 0) is 6.42 Å². The fourth-order valence-corrected chi connectivity index (χ4v) is 1.43. The van der Waals surface area contributed by atoms with Crippen molar-refractivity contribution in [2.45, 2.75) is 6.42 Å². The Bertz CT molecular complexity index is 587. The second kappa shape index (κ2) is 5.42. The van der Waals surface area contributed by atoms with Crippen LogP contribution < -0.4 is 11.1 Å². The lowest BCUT2D eigenvalue weighted by atomic mass is 10.1. The number of nitrogens with zero attached hydrogens (tertiary/aromatic N) is 2.